The molecule has 10 nitrogen and oxygen atoms in total. The van der Waals surface area contributed by atoms with Crippen LogP contribution in [-0.2, 0) is 22.7 Å². The summed E-state index contributed by atoms with van der Waals surface area (Å²) >= 11 is 0. The number of para-hydroxylation sites is 1. The molecule has 0 aliphatic carbocycles. The number of alkyl halides is 3. The van der Waals surface area contributed by atoms with E-state index in [2.05, 4.69) is 20.7 Å². The number of ether oxygens (including phenoxy) is 1. The number of anilines is 1. The molecule has 2 aliphatic rings. The van der Waals surface area contributed by atoms with E-state index in [4.69, 9.17) is 0 Å². The van der Waals surface area contributed by atoms with Crippen LogP contribution >= 0.6 is 0 Å². The number of benzene rings is 3. The lowest BCUT2D eigenvalue weighted by Crippen LogP contribution is -2.54. The predicted octanol–water partition coefficient (Wildman–Crippen LogP) is 3.67. The lowest BCUT2D eigenvalue weighted by molar-refractivity contribution is -0.274. The molecule has 1 atom stereocenters. The van der Waals surface area contributed by atoms with Crippen LogP contribution in [-0.4, -0.2) is 46.8 Å². The number of carbonyl (C=O) groups excluding carboxylic acids is 5. The zero-order chi connectivity index (χ0) is 30.9. The number of nitrogens with zero attached hydrogens (tertiary/aromatic N) is 1. The van der Waals surface area contributed by atoms with Crippen molar-refractivity contribution in [3.05, 3.63) is 94.3 Å². The maximum atomic E-state index is 14.9. The third-order valence-corrected chi connectivity index (χ3v) is 6.84. The molecule has 3 aromatic carbocycles. The third-order valence-electron chi connectivity index (χ3n) is 6.84. The van der Waals surface area contributed by atoms with Gasteiger partial charge >= 0.3 is 6.36 Å². The summed E-state index contributed by atoms with van der Waals surface area (Å²) in [6.07, 6.45) is -5.02. The Kier molecular flexibility index (Phi) is 7.85. The quantitative estimate of drug-likeness (QED) is 0.266. The van der Waals surface area contributed by atoms with Crippen molar-refractivity contribution in [2.24, 2.45) is 0 Å². The first-order valence-corrected chi connectivity index (χ1v) is 12.9. The van der Waals surface area contributed by atoms with Gasteiger partial charge in [0.15, 0.2) is 0 Å². The third kappa shape index (κ3) is 6.32. The molecule has 0 radical (unpaired) electrons. The number of hydrogen-bond donors (Lipinski definition) is 3. The van der Waals surface area contributed by atoms with Crippen molar-refractivity contribution in [1.82, 2.24) is 15.5 Å². The first-order chi connectivity index (χ1) is 20.4. The first-order valence-electron chi connectivity index (χ1n) is 12.9. The first kappa shape index (κ1) is 29.2. The van der Waals surface area contributed by atoms with Crippen LogP contribution in [0.3, 0.4) is 0 Å². The second-order valence-electron chi connectivity index (χ2n) is 9.72. The molecule has 0 saturated carbocycles. The van der Waals surface area contributed by atoms with Gasteiger partial charge in [0.1, 0.15) is 17.6 Å². The van der Waals surface area contributed by atoms with Crippen LogP contribution in [0.25, 0.3) is 0 Å². The van der Waals surface area contributed by atoms with E-state index >= 15 is 0 Å². The van der Waals surface area contributed by atoms with Gasteiger partial charge < -0.3 is 15.4 Å². The zero-order valence-electron chi connectivity index (χ0n) is 22.1. The Bertz CT molecular complexity index is 1640. The van der Waals surface area contributed by atoms with Crippen LogP contribution in [0, 0.1) is 5.82 Å². The summed E-state index contributed by atoms with van der Waals surface area (Å²) in [6, 6.07) is 12.6. The minimum absolute atomic E-state index is 0.00611. The zero-order valence-corrected chi connectivity index (χ0v) is 22.1. The molecule has 14 heteroatoms. The average molecular weight is 599 g/mol. The minimum atomic E-state index is -4.95. The number of amides is 5. The number of fused-ring (bicyclic) bond motifs is 1. The van der Waals surface area contributed by atoms with E-state index in [1.807, 2.05) is 0 Å². The SMILES string of the molecule is O=C1CCC(N2C(=O)c3cc(F)c(NCc4ccc(CNC(=O)c5ccccc5OC(F)(F)F)cc4)cc3C2=O)C(=O)N1. The summed E-state index contributed by atoms with van der Waals surface area (Å²) in [5.74, 6) is -5.04. The molecule has 43 heavy (non-hydrogen) atoms. The number of carbonyl (C=O) groups is 5. The fourth-order valence-corrected chi connectivity index (χ4v) is 4.74. The van der Waals surface area contributed by atoms with Gasteiger partial charge in [0, 0.05) is 19.5 Å². The summed E-state index contributed by atoms with van der Waals surface area (Å²) in [4.78, 5) is 62.7. The van der Waals surface area contributed by atoms with Gasteiger partial charge in [-0.3, -0.25) is 34.2 Å². The number of nitrogens with one attached hydrogen (secondary N) is 3. The van der Waals surface area contributed by atoms with Gasteiger partial charge in [-0.2, -0.15) is 0 Å². The van der Waals surface area contributed by atoms with E-state index in [0.717, 1.165) is 17.0 Å². The standard InChI is InChI=1S/C29H22F4N4O6/c30-20-11-18-19(28(42)37(27(18)41)22-9-10-24(38)36-26(22)40)12-21(20)34-13-15-5-7-16(8-6-15)14-35-25(39)17-3-1-2-4-23(17)43-29(31,32)33/h1-8,11-12,22,34H,9-10,13-14H2,(H,35,39)(H,36,38,40). The van der Waals surface area contributed by atoms with Crippen LogP contribution in [0.4, 0.5) is 23.2 Å². The van der Waals surface area contributed by atoms with Gasteiger partial charge in [0.25, 0.3) is 17.7 Å². The Hall–Kier alpha value is -5.27. The number of hydrogen-bond acceptors (Lipinski definition) is 7. The van der Waals surface area contributed by atoms with E-state index in [1.165, 1.54) is 24.3 Å². The topological polar surface area (TPSA) is 134 Å². The van der Waals surface area contributed by atoms with Crippen LogP contribution in [0.1, 0.15) is 55.0 Å². The van der Waals surface area contributed by atoms with E-state index in [1.54, 1.807) is 24.3 Å². The Morgan fingerprint density at radius 1 is 0.930 bits per heavy atom. The maximum absolute atomic E-state index is 14.9. The second kappa shape index (κ2) is 11.5. The Morgan fingerprint density at radius 2 is 1.56 bits per heavy atom. The average Bonchev–Trinajstić information content (AvgIpc) is 3.19. The normalized spacial score (nSPS) is 16.6. The van der Waals surface area contributed by atoms with Gasteiger partial charge in [0.2, 0.25) is 11.8 Å². The Labute approximate surface area is 241 Å². The van der Waals surface area contributed by atoms with Gasteiger partial charge in [-0.05, 0) is 41.8 Å². The van der Waals surface area contributed by atoms with Gasteiger partial charge in [-0.25, -0.2) is 4.39 Å². The fraction of sp³-hybridized carbons (Fsp3) is 0.207. The Morgan fingerprint density at radius 3 is 2.21 bits per heavy atom. The summed E-state index contributed by atoms with van der Waals surface area (Å²) in [7, 11) is 0. The van der Waals surface area contributed by atoms with Crippen LogP contribution in [0.5, 0.6) is 5.75 Å². The van der Waals surface area contributed by atoms with Crippen molar-refractivity contribution >= 4 is 35.2 Å². The van der Waals surface area contributed by atoms with Crippen molar-refractivity contribution in [3.8, 4) is 5.75 Å². The van der Waals surface area contributed by atoms with Crippen molar-refractivity contribution in [3.63, 3.8) is 0 Å². The molecule has 3 aromatic rings. The number of rotatable bonds is 8. The molecule has 1 fully saturated rings. The molecule has 222 valence electrons. The van der Waals surface area contributed by atoms with Crippen LogP contribution < -0.4 is 20.7 Å². The number of halogens is 4. The van der Waals surface area contributed by atoms with E-state index in [9.17, 15) is 41.5 Å². The highest BCUT2D eigenvalue weighted by Crippen LogP contribution is 2.31. The maximum Gasteiger partial charge on any atom is 0.573 e. The lowest BCUT2D eigenvalue weighted by Gasteiger charge is -2.27. The molecule has 2 aliphatic heterocycles. The largest absolute Gasteiger partial charge is 0.573 e. The van der Waals surface area contributed by atoms with Gasteiger partial charge in [-0.1, -0.05) is 36.4 Å². The summed E-state index contributed by atoms with van der Waals surface area (Å²) in [5, 5.41) is 7.49. The van der Waals surface area contributed by atoms with Crippen molar-refractivity contribution in [2.75, 3.05) is 5.32 Å². The molecular formula is C29H22F4N4O6. The molecule has 3 N–H and O–H groups in total. The summed E-state index contributed by atoms with van der Waals surface area (Å²) in [5.41, 5.74) is 0.723. The Balaban J connectivity index is 1.20. The molecule has 0 aromatic heterocycles. The molecule has 2 heterocycles. The van der Waals surface area contributed by atoms with Crippen molar-refractivity contribution in [2.45, 2.75) is 38.3 Å². The molecule has 5 amide bonds. The highest BCUT2D eigenvalue weighted by atomic mass is 19.4. The van der Waals surface area contributed by atoms with E-state index in [0.29, 0.717) is 11.1 Å². The smallest absolute Gasteiger partial charge is 0.405 e. The molecule has 1 unspecified atom stereocenters. The van der Waals surface area contributed by atoms with E-state index in [-0.39, 0.29) is 48.3 Å². The van der Waals surface area contributed by atoms with Crippen LogP contribution in [0.2, 0.25) is 0 Å². The molecular weight excluding hydrogens is 576 g/mol. The monoisotopic (exact) mass is 598 g/mol. The summed E-state index contributed by atoms with van der Waals surface area (Å²) < 4.78 is 56.7. The fourth-order valence-electron chi connectivity index (χ4n) is 4.74. The molecule has 1 saturated heterocycles. The second-order valence-corrected chi connectivity index (χ2v) is 9.72. The highest BCUT2D eigenvalue weighted by Gasteiger charge is 2.45. The molecule has 5 rings (SSSR count). The number of piperidine rings is 1. The lowest BCUT2D eigenvalue weighted by atomic mass is 10.0. The molecule has 0 spiro atoms. The van der Waals surface area contributed by atoms with Crippen LogP contribution in [0.15, 0.2) is 60.7 Å². The van der Waals surface area contributed by atoms with E-state index < -0.39 is 53.5 Å². The predicted molar refractivity (Wildman–Crippen MR) is 141 cm³/mol. The minimum Gasteiger partial charge on any atom is -0.405 e. The van der Waals surface area contributed by atoms with Gasteiger partial charge in [-0.15, -0.1) is 13.2 Å². The highest BCUT2D eigenvalue weighted by molar-refractivity contribution is 6.23. The summed E-state index contributed by atoms with van der Waals surface area (Å²) in [6.45, 7) is 0.121. The van der Waals surface area contributed by atoms with Gasteiger partial charge in [0.05, 0.1) is 22.4 Å². The molecule has 0 bridgehead atoms. The van der Waals surface area contributed by atoms with Crippen molar-refractivity contribution < 1.29 is 46.3 Å². The van der Waals surface area contributed by atoms with Crippen molar-refractivity contribution in [1.29, 1.82) is 0 Å². The number of imide groups is 2.